The fraction of sp³-hybridized carbons (Fsp3) is 0.310. The normalized spacial score (nSPS) is 11.2. The van der Waals surface area contributed by atoms with E-state index in [4.69, 9.17) is 17.3 Å². The number of halogens is 1. The van der Waals surface area contributed by atoms with E-state index in [9.17, 15) is 9.59 Å². The number of nitrogens with zero attached hydrogens (tertiary/aromatic N) is 3. The number of carbonyl (C=O) groups excluding carboxylic acids is 1. The van der Waals surface area contributed by atoms with E-state index >= 15 is 0 Å². The molecule has 1 amide bonds. The molecular weight excluding hydrogens is 472 g/mol. The maximum atomic E-state index is 14.0. The van der Waals surface area contributed by atoms with Crippen LogP contribution in [0.5, 0.6) is 0 Å². The molecule has 36 heavy (non-hydrogen) atoms. The van der Waals surface area contributed by atoms with E-state index < -0.39 is 5.91 Å². The Morgan fingerprint density at radius 1 is 0.972 bits per heavy atom. The number of rotatable bonds is 9. The molecule has 6 nitrogen and oxygen atoms in total. The van der Waals surface area contributed by atoms with Crippen molar-refractivity contribution in [3.63, 3.8) is 0 Å². The number of unbranched alkanes of at least 4 members (excludes halogenated alkanes) is 2. The third kappa shape index (κ3) is 4.65. The summed E-state index contributed by atoms with van der Waals surface area (Å²) in [6.45, 7) is 6.52. The van der Waals surface area contributed by atoms with E-state index in [0.717, 1.165) is 54.0 Å². The Bertz CT molecular complexity index is 1460. The van der Waals surface area contributed by atoms with Gasteiger partial charge in [-0.1, -0.05) is 61.7 Å². The second-order valence-corrected chi connectivity index (χ2v) is 9.69. The zero-order valence-electron chi connectivity index (χ0n) is 21.3. The van der Waals surface area contributed by atoms with Crippen LogP contribution in [-0.4, -0.2) is 19.8 Å². The van der Waals surface area contributed by atoms with E-state index in [1.165, 1.54) is 0 Å². The lowest BCUT2D eigenvalue weighted by molar-refractivity contribution is 0.1000. The Morgan fingerprint density at radius 3 is 2.33 bits per heavy atom. The van der Waals surface area contributed by atoms with Crippen LogP contribution in [0.4, 0.5) is 0 Å². The molecule has 4 rings (SSSR count). The zero-order chi connectivity index (χ0) is 26.0. The lowest BCUT2D eigenvalue weighted by atomic mass is 9.97. The quantitative estimate of drug-likeness (QED) is 0.293. The Morgan fingerprint density at radius 2 is 1.69 bits per heavy atom. The third-order valence-corrected chi connectivity index (χ3v) is 7.16. The first-order chi connectivity index (χ1) is 17.3. The average molecular weight is 505 g/mol. The molecule has 2 aromatic heterocycles. The van der Waals surface area contributed by atoms with Crippen molar-refractivity contribution in [1.29, 1.82) is 0 Å². The molecule has 0 fully saturated rings. The molecule has 0 bridgehead atoms. The minimum Gasteiger partial charge on any atom is -0.366 e. The van der Waals surface area contributed by atoms with Crippen molar-refractivity contribution < 1.29 is 4.79 Å². The van der Waals surface area contributed by atoms with Gasteiger partial charge in [-0.3, -0.25) is 14.3 Å². The summed E-state index contributed by atoms with van der Waals surface area (Å²) in [6.07, 6.45) is 3.79. The van der Waals surface area contributed by atoms with Crippen molar-refractivity contribution >= 4 is 17.5 Å². The van der Waals surface area contributed by atoms with Crippen LogP contribution in [0.2, 0.25) is 5.02 Å². The van der Waals surface area contributed by atoms with Gasteiger partial charge >= 0.3 is 0 Å². The monoisotopic (exact) mass is 504 g/mol. The first-order valence-electron chi connectivity index (χ1n) is 12.4. The zero-order valence-corrected chi connectivity index (χ0v) is 22.1. The highest BCUT2D eigenvalue weighted by molar-refractivity contribution is 6.30. The Labute approximate surface area is 216 Å². The van der Waals surface area contributed by atoms with Crippen LogP contribution < -0.4 is 11.3 Å². The number of primary amides is 1. The molecule has 0 aliphatic rings. The van der Waals surface area contributed by atoms with Gasteiger partial charge in [-0.2, -0.15) is 0 Å². The second-order valence-electron chi connectivity index (χ2n) is 9.26. The van der Waals surface area contributed by atoms with Gasteiger partial charge in [0, 0.05) is 41.3 Å². The van der Waals surface area contributed by atoms with Crippen molar-refractivity contribution in [2.24, 2.45) is 12.8 Å². The molecule has 0 unspecified atom stereocenters. The largest absolute Gasteiger partial charge is 0.366 e. The molecule has 4 aromatic rings. The molecule has 2 aromatic carbocycles. The van der Waals surface area contributed by atoms with Crippen molar-refractivity contribution in [3.05, 3.63) is 98.2 Å². The van der Waals surface area contributed by atoms with E-state index in [1.807, 2.05) is 80.2 Å². The van der Waals surface area contributed by atoms with Gasteiger partial charge < -0.3 is 10.3 Å². The van der Waals surface area contributed by atoms with Gasteiger partial charge in [-0.15, -0.1) is 0 Å². The molecule has 0 aliphatic heterocycles. The van der Waals surface area contributed by atoms with Gasteiger partial charge in [0.1, 0.15) is 0 Å². The summed E-state index contributed by atoms with van der Waals surface area (Å²) in [4.78, 5) is 26.8. The summed E-state index contributed by atoms with van der Waals surface area (Å²) in [5.74, 6) is -0.530. The second kappa shape index (κ2) is 10.6. The Hall–Kier alpha value is -3.51. The van der Waals surface area contributed by atoms with Crippen molar-refractivity contribution in [1.82, 2.24) is 13.9 Å². The minimum absolute atomic E-state index is 0.166. The molecule has 0 spiro atoms. The fourth-order valence-electron chi connectivity index (χ4n) is 5.06. The number of aromatic nitrogens is 3. The summed E-state index contributed by atoms with van der Waals surface area (Å²) < 4.78 is 5.63. The predicted molar refractivity (Wildman–Crippen MR) is 146 cm³/mol. The lowest BCUT2D eigenvalue weighted by Gasteiger charge is -2.14. The molecule has 2 N–H and O–H groups in total. The van der Waals surface area contributed by atoms with Crippen LogP contribution >= 0.6 is 11.6 Å². The van der Waals surface area contributed by atoms with Gasteiger partial charge in [0.15, 0.2) is 0 Å². The average Bonchev–Trinajstić information content (AvgIpc) is 3.23. The van der Waals surface area contributed by atoms with Crippen LogP contribution in [-0.2, 0) is 20.0 Å². The Balaban J connectivity index is 2.01. The molecule has 0 saturated carbocycles. The minimum atomic E-state index is -0.530. The summed E-state index contributed by atoms with van der Waals surface area (Å²) >= 11 is 6.27. The van der Waals surface area contributed by atoms with Gasteiger partial charge in [-0.25, -0.2) is 4.68 Å². The van der Waals surface area contributed by atoms with Crippen LogP contribution in [0.25, 0.3) is 16.8 Å². The van der Waals surface area contributed by atoms with E-state index in [0.29, 0.717) is 28.3 Å². The van der Waals surface area contributed by atoms with Crippen molar-refractivity contribution in [3.8, 4) is 16.8 Å². The number of nitrogens with two attached hydrogens (primary N) is 1. The molecule has 0 saturated heterocycles. The summed E-state index contributed by atoms with van der Waals surface area (Å²) in [6, 6.07) is 17.2. The maximum Gasteiger partial charge on any atom is 0.279 e. The number of amides is 1. The number of benzene rings is 2. The molecule has 2 heterocycles. The third-order valence-electron chi connectivity index (χ3n) is 6.93. The highest BCUT2D eigenvalue weighted by atomic mass is 35.5. The molecular formula is C29H33ClN4O2. The standard InChI is InChI=1S/C29H33ClN4O2/c1-5-6-8-16-24-27(26-19(2)32(4)34(29(26)36)23-14-9-7-10-15-23)25(28(31)35)20(3)33(24)18-21-12-11-13-22(30)17-21/h7,9-15,17H,5-6,8,16,18H2,1-4H3,(H2,31,35). The van der Waals surface area contributed by atoms with Crippen LogP contribution in [0.1, 0.15) is 59.2 Å². The van der Waals surface area contributed by atoms with Crippen molar-refractivity contribution in [2.75, 3.05) is 0 Å². The van der Waals surface area contributed by atoms with Gasteiger partial charge in [-0.05, 0) is 56.5 Å². The van der Waals surface area contributed by atoms with E-state index in [-0.39, 0.29) is 5.56 Å². The number of hydrogen-bond acceptors (Lipinski definition) is 2. The lowest BCUT2D eigenvalue weighted by Crippen LogP contribution is -2.21. The summed E-state index contributed by atoms with van der Waals surface area (Å²) in [7, 11) is 1.86. The van der Waals surface area contributed by atoms with Crippen LogP contribution in [0, 0.1) is 13.8 Å². The predicted octanol–water partition coefficient (Wildman–Crippen LogP) is 5.79. The molecule has 0 aliphatic carbocycles. The number of carbonyl (C=O) groups is 1. The molecule has 0 atom stereocenters. The first-order valence-corrected chi connectivity index (χ1v) is 12.7. The smallest absolute Gasteiger partial charge is 0.279 e. The summed E-state index contributed by atoms with van der Waals surface area (Å²) in [5.41, 5.74) is 11.7. The highest BCUT2D eigenvalue weighted by Crippen LogP contribution is 2.35. The van der Waals surface area contributed by atoms with E-state index in [1.54, 1.807) is 4.68 Å². The van der Waals surface area contributed by atoms with Crippen LogP contribution in [0.3, 0.4) is 0 Å². The molecule has 188 valence electrons. The molecule has 0 radical (unpaired) electrons. The highest BCUT2D eigenvalue weighted by Gasteiger charge is 2.30. The maximum absolute atomic E-state index is 14.0. The van der Waals surface area contributed by atoms with E-state index in [2.05, 4.69) is 11.5 Å². The van der Waals surface area contributed by atoms with Gasteiger partial charge in [0.05, 0.1) is 16.8 Å². The van der Waals surface area contributed by atoms with Gasteiger partial charge in [0.25, 0.3) is 11.5 Å². The summed E-state index contributed by atoms with van der Waals surface area (Å²) in [5, 5.41) is 0.657. The van der Waals surface area contributed by atoms with Crippen LogP contribution in [0.15, 0.2) is 59.4 Å². The first kappa shape index (κ1) is 25.6. The van der Waals surface area contributed by atoms with Gasteiger partial charge in [0.2, 0.25) is 0 Å². The number of hydrogen-bond donors (Lipinski definition) is 1. The SMILES string of the molecule is CCCCCc1c(-c2c(C)n(C)n(-c3ccccc3)c2=O)c(C(N)=O)c(C)n1Cc1cccc(Cl)c1. The topological polar surface area (TPSA) is 75.0 Å². The Kier molecular flexibility index (Phi) is 7.55. The number of para-hydroxylation sites is 1. The van der Waals surface area contributed by atoms with Crippen molar-refractivity contribution in [2.45, 2.75) is 53.0 Å². The molecule has 7 heteroatoms. The fourth-order valence-corrected chi connectivity index (χ4v) is 5.27.